The van der Waals surface area contributed by atoms with E-state index in [1.54, 1.807) is 0 Å². The molecule has 0 aliphatic rings. The van der Waals surface area contributed by atoms with E-state index in [-0.39, 0.29) is 0 Å². The van der Waals surface area contributed by atoms with Crippen LogP contribution in [0.1, 0.15) is 50.7 Å². The quantitative estimate of drug-likeness (QED) is 0.796. The van der Waals surface area contributed by atoms with Gasteiger partial charge in [0.05, 0.1) is 0 Å². The van der Waals surface area contributed by atoms with Crippen molar-refractivity contribution in [2.45, 2.75) is 52.5 Å². The molecule has 0 aliphatic heterocycles. The third kappa shape index (κ3) is 4.31. The summed E-state index contributed by atoms with van der Waals surface area (Å²) in [5.41, 5.74) is 2.60. The van der Waals surface area contributed by atoms with E-state index in [9.17, 15) is 0 Å². The van der Waals surface area contributed by atoms with Crippen molar-refractivity contribution in [2.75, 3.05) is 6.54 Å². The van der Waals surface area contributed by atoms with Crippen LogP contribution in [0.15, 0.2) is 18.5 Å². The molecule has 1 heterocycles. The van der Waals surface area contributed by atoms with Crippen molar-refractivity contribution in [2.24, 2.45) is 0 Å². The van der Waals surface area contributed by atoms with E-state index >= 15 is 0 Å². The molecule has 90 valence electrons. The van der Waals surface area contributed by atoms with Crippen LogP contribution >= 0.6 is 0 Å². The summed E-state index contributed by atoms with van der Waals surface area (Å²) in [4.78, 5) is 4.25. The Labute approximate surface area is 99.5 Å². The van der Waals surface area contributed by atoms with Gasteiger partial charge in [-0.2, -0.15) is 0 Å². The van der Waals surface area contributed by atoms with E-state index in [0.717, 1.165) is 6.54 Å². The molecule has 2 nitrogen and oxygen atoms in total. The predicted molar refractivity (Wildman–Crippen MR) is 69.8 cm³/mol. The van der Waals surface area contributed by atoms with E-state index in [1.165, 1.54) is 24.0 Å². The Kier molecular flexibility index (Phi) is 5.47. The summed E-state index contributed by atoms with van der Waals surface area (Å²) in [6, 6.07) is 2.82. The van der Waals surface area contributed by atoms with E-state index < -0.39 is 0 Å². The van der Waals surface area contributed by atoms with Gasteiger partial charge in [-0.15, -0.1) is 0 Å². The molecular weight excluding hydrogens is 196 g/mol. The first kappa shape index (κ1) is 13.2. The summed E-state index contributed by atoms with van der Waals surface area (Å²) in [6.07, 6.45) is 6.27. The molecule has 0 bridgehead atoms. The number of aryl methyl sites for hydroxylation is 1. The van der Waals surface area contributed by atoms with Gasteiger partial charge in [0.1, 0.15) is 0 Å². The molecule has 2 atom stereocenters. The van der Waals surface area contributed by atoms with Crippen LogP contribution in [0.4, 0.5) is 0 Å². The number of hydrogen-bond donors (Lipinski definition) is 1. The Balaban J connectivity index is 2.48. The Morgan fingerprint density at radius 2 is 2.06 bits per heavy atom. The van der Waals surface area contributed by atoms with Crippen LogP contribution in [0, 0.1) is 6.92 Å². The minimum atomic E-state index is 0.576. The molecular formula is C14H24N2. The van der Waals surface area contributed by atoms with Crippen molar-refractivity contribution in [1.29, 1.82) is 0 Å². The fourth-order valence-electron chi connectivity index (χ4n) is 1.99. The summed E-state index contributed by atoms with van der Waals surface area (Å²) in [5.74, 6) is 0.576. The van der Waals surface area contributed by atoms with Gasteiger partial charge in [0.25, 0.3) is 0 Å². The standard InChI is InChI=1S/C14H24N2/c1-5-6-16-13(4)8-12(3)14-7-11(2)9-15-10-14/h7,9-10,12-13,16H,5-6,8H2,1-4H3. The lowest BCUT2D eigenvalue weighted by Gasteiger charge is -2.18. The molecule has 2 unspecified atom stereocenters. The van der Waals surface area contributed by atoms with Crippen LogP contribution < -0.4 is 5.32 Å². The SMILES string of the molecule is CCCNC(C)CC(C)c1cncc(C)c1. The highest BCUT2D eigenvalue weighted by molar-refractivity contribution is 5.20. The monoisotopic (exact) mass is 220 g/mol. The summed E-state index contributed by atoms with van der Waals surface area (Å²) in [5, 5.41) is 3.53. The third-order valence-corrected chi connectivity index (χ3v) is 2.92. The minimum absolute atomic E-state index is 0.576. The average Bonchev–Trinajstić information content (AvgIpc) is 2.26. The lowest BCUT2D eigenvalue weighted by molar-refractivity contribution is 0.478. The third-order valence-electron chi connectivity index (χ3n) is 2.92. The first-order valence-corrected chi connectivity index (χ1v) is 6.28. The van der Waals surface area contributed by atoms with Gasteiger partial charge < -0.3 is 5.32 Å². The van der Waals surface area contributed by atoms with Gasteiger partial charge in [-0.25, -0.2) is 0 Å². The van der Waals surface area contributed by atoms with Gasteiger partial charge in [-0.1, -0.05) is 19.9 Å². The van der Waals surface area contributed by atoms with Crippen LogP contribution in [0.5, 0.6) is 0 Å². The zero-order valence-electron chi connectivity index (χ0n) is 11.0. The molecule has 1 aromatic heterocycles. The topological polar surface area (TPSA) is 24.9 Å². The first-order valence-electron chi connectivity index (χ1n) is 6.28. The van der Waals surface area contributed by atoms with Gasteiger partial charge in [-0.3, -0.25) is 4.98 Å². The van der Waals surface area contributed by atoms with Crippen LogP contribution in [0.3, 0.4) is 0 Å². The maximum atomic E-state index is 4.25. The molecule has 1 N–H and O–H groups in total. The lowest BCUT2D eigenvalue weighted by Crippen LogP contribution is -2.28. The van der Waals surface area contributed by atoms with Crippen LogP contribution in [-0.2, 0) is 0 Å². The Morgan fingerprint density at radius 3 is 2.69 bits per heavy atom. The minimum Gasteiger partial charge on any atom is -0.314 e. The zero-order valence-corrected chi connectivity index (χ0v) is 11.0. The first-order chi connectivity index (χ1) is 7.63. The highest BCUT2D eigenvalue weighted by Crippen LogP contribution is 2.20. The molecule has 1 rings (SSSR count). The molecule has 2 heteroatoms. The van der Waals surface area contributed by atoms with Crippen LogP contribution in [0.2, 0.25) is 0 Å². The average molecular weight is 220 g/mol. The molecule has 0 aromatic carbocycles. The van der Waals surface area contributed by atoms with Crippen molar-refractivity contribution >= 4 is 0 Å². The molecule has 1 aromatic rings. The summed E-state index contributed by atoms with van der Waals surface area (Å²) < 4.78 is 0. The summed E-state index contributed by atoms with van der Waals surface area (Å²) in [7, 11) is 0. The molecule has 16 heavy (non-hydrogen) atoms. The molecule has 0 saturated carbocycles. The van der Waals surface area contributed by atoms with Crippen molar-refractivity contribution in [3.63, 3.8) is 0 Å². The number of hydrogen-bond acceptors (Lipinski definition) is 2. The Morgan fingerprint density at radius 1 is 1.31 bits per heavy atom. The van der Waals surface area contributed by atoms with E-state index in [2.05, 4.69) is 44.1 Å². The van der Waals surface area contributed by atoms with Gasteiger partial charge in [0.2, 0.25) is 0 Å². The highest BCUT2D eigenvalue weighted by atomic mass is 14.9. The maximum absolute atomic E-state index is 4.25. The molecule has 0 saturated heterocycles. The second-order valence-corrected chi connectivity index (χ2v) is 4.79. The van der Waals surface area contributed by atoms with Crippen LogP contribution in [0.25, 0.3) is 0 Å². The van der Waals surface area contributed by atoms with E-state index in [0.29, 0.717) is 12.0 Å². The predicted octanol–water partition coefficient (Wildman–Crippen LogP) is 3.27. The van der Waals surface area contributed by atoms with Crippen molar-refractivity contribution < 1.29 is 0 Å². The second kappa shape index (κ2) is 6.64. The van der Waals surface area contributed by atoms with Crippen molar-refractivity contribution in [3.05, 3.63) is 29.6 Å². The molecule has 0 spiro atoms. The number of aromatic nitrogens is 1. The molecule has 0 fully saturated rings. The molecule has 0 aliphatic carbocycles. The second-order valence-electron chi connectivity index (χ2n) is 4.79. The normalized spacial score (nSPS) is 14.8. The Bertz CT molecular complexity index is 309. The number of nitrogens with one attached hydrogen (secondary N) is 1. The van der Waals surface area contributed by atoms with E-state index in [4.69, 9.17) is 0 Å². The number of nitrogens with zero attached hydrogens (tertiary/aromatic N) is 1. The fraction of sp³-hybridized carbons (Fsp3) is 0.643. The van der Waals surface area contributed by atoms with Crippen molar-refractivity contribution in [3.8, 4) is 0 Å². The molecule has 0 radical (unpaired) electrons. The number of rotatable bonds is 6. The largest absolute Gasteiger partial charge is 0.314 e. The number of pyridine rings is 1. The smallest absolute Gasteiger partial charge is 0.0302 e. The van der Waals surface area contributed by atoms with Crippen LogP contribution in [-0.4, -0.2) is 17.6 Å². The van der Waals surface area contributed by atoms with E-state index in [1.807, 2.05) is 12.4 Å². The lowest BCUT2D eigenvalue weighted by atomic mass is 9.95. The Hall–Kier alpha value is -0.890. The van der Waals surface area contributed by atoms with Gasteiger partial charge in [0, 0.05) is 18.4 Å². The zero-order chi connectivity index (χ0) is 12.0. The fourth-order valence-corrected chi connectivity index (χ4v) is 1.99. The van der Waals surface area contributed by atoms with Gasteiger partial charge in [-0.05, 0) is 50.3 Å². The maximum Gasteiger partial charge on any atom is 0.0302 e. The summed E-state index contributed by atoms with van der Waals surface area (Å²) in [6.45, 7) is 9.95. The van der Waals surface area contributed by atoms with Gasteiger partial charge in [0.15, 0.2) is 0 Å². The van der Waals surface area contributed by atoms with Gasteiger partial charge >= 0.3 is 0 Å². The molecule has 0 amide bonds. The summed E-state index contributed by atoms with van der Waals surface area (Å²) >= 11 is 0. The van der Waals surface area contributed by atoms with Crippen molar-refractivity contribution in [1.82, 2.24) is 10.3 Å². The highest BCUT2D eigenvalue weighted by Gasteiger charge is 2.10.